The van der Waals surface area contributed by atoms with Gasteiger partial charge in [-0.05, 0) is 47.9 Å². The first-order valence-electron chi connectivity index (χ1n) is 7.95. The van der Waals surface area contributed by atoms with Gasteiger partial charge in [-0.2, -0.15) is 0 Å². The van der Waals surface area contributed by atoms with Crippen molar-refractivity contribution >= 4 is 5.91 Å². The van der Waals surface area contributed by atoms with Crippen molar-refractivity contribution in [1.29, 1.82) is 0 Å². The Balaban J connectivity index is 2.23. The Morgan fingerprint density at radius 2 is 2.25 bits per heavy atom. The summed E-state index contributed by atoms with van der Waals surface area (Å²) in [5, 5.41) is 23.3. The summed E-state index contributed by atoms with van der Waals surface area (Å²) in [6, 6.07) is 5.30. The number of aromatic nitrogens is 4. The summed E-state index contributed by atoms with van der Waals surface area (Å²) in [7, 11) is 0. The highest BCUT2D eigenvalue weighted by Gasteiger charge is 2.26. The molecular formula is C16H22FN5O2. The fourth-order valence-corrected chi connectivity index (χ4v) is 2.54. The van der Waals surface area contributed by atoms with E-state index in [0.717, 1.165) is 0 Å². The smallest absolute Gasteiger partial charge is 0.245 e. The van der Waals surface area contributed by atoms with Crippen LogP contribution in [0.15, 0.2) is 24.3 Å². The van der Waals surface area contributed by atoms with Gasteiger partial charge in [-0.3, -0.25) is 4.79 Å². The molecule has 0 bridgehead atoms. The minimum absolute atomic E-state index is 0.00272. The minimum Gasteiger partial charge on any atom is -0.396 e. The van der Waals surface area contributed by atoms with Gasteiger partial charge in [0.1, 0.15) is 17.7 Å². The second-order valence-electron chi connectivity index (χ2n) is 5.65. The third-order valence-electron chi connectivity index (χ3n) is 3.89. The number of hydrogen-bond acceptors (Lipinski definition) is 5. The summed E-state index contributed by atoms with van der Waals surface area (Å²) in [5.41, 5.74) is 0.681. The van der Waals surface area contributed by atoms with Gasteiger partial charge in [0.25, 0.3) is 0 Å². The second-order valence-corrected chi connectivity index (χ2v) is 5.65. The monoisotopic (exact) mass is 335 g/mol. The molecule has 1 amide bonds. The van der Waals surface area contributed by atoms with Gasteiger partial charge in [-0.25, -0.2) is 9.07 Å². The van der Waals surface area contributed by atoms with Crippen LogP contribution in [0.5, 0.6) is 0 Å². The molecule has 0 aliphatic heterocycles. The number of hydrogen-bond donors (Lipinski definition) is 2. The Bertz CT molecular complexity index is 676. The molecule has 2 aromatic rings. The first-order valence-corrected chi connectivity index (χ1v) is 7.95. The molecule has 0 fully saturated rings. The van der Waals surface area contributed by atoms with E-state index < -0.39 is 6.04 Å². The van der Waals surface area contributed by atoms with Gasteiger partial charge in [0.2, 0.25) is 5.91 Å². The van der Waals surface area contributed by atoms with Gasteiger partial charge < -0.3 is 10.4 Å². The van der Waals surface area contributed by atoms with Gasteiger partial charge in [0.05, 0.1) is 0 Å². The molecule has 2 rings (SSSR count). The van der Waals surface area contributed by atoms with Crippen LogP contribution in [-0.4, -0.2) is 43.9 Å². The maximum Gasteiger partial charge on any atom is 0.245 e. The molecule has 7 nitrogen and oxygen atoms in total. The standard InChI is InChI=1S/C16H22FN5O2/c1-3-14(7-8-23)18-16(24)15(22-11(2)19-20-21-22)10-12-5-4-6-13(17)9-12/h4-6,9,14-15,23H,3,7-8,10H2,1-2H3,(H,18,24). The summed E-state index contributed by atoms with van der Waals surface area (Å²) >= 11 is 0. The van der Waals surface area contributed by atoms with Crippen molar-refractivity contribution in [3.05, 3.63) is 41.5 Å². The molecule has 24 heavy (non-hydrogen) atoms. The van der Waals surface area contributed by atoms with Crippen molar-refractivity contribution in [2.24, 2.45) is 0 Å². The van der Waals surface area contributed by atoms with E-state index in [2.05, 4.69) is 20.8 Å². The second kappa shape index (κ2) is 8.49. The molecule has 1 aromatic carbocycles. The van der Waals surface area contributed by atoms with Crippen molar-refractivity contribution in [2.45, 2.75) is 45.2 Å². The average Bonchev–Trinajstić information content (AvgIpc) is 2.98. The fourth-order valence-electron chi connectivity index (χ4n) is 2.54. The zero-order valence-corrected chi connectivity index (χ0v) is 13.8. The van der Waals surface area contributed by atoms with Crippen LogP contribution in [0.2, 0.25) is 0 Å². The molecule has 2 N–H and O–H groups in total. The molecule has 2 atom stereocenters. The summed E-state index contributed by atoms with van der Waals surface area (Å²) < 4.78 is 14.9. The predicted octanol–water partition coefficient (Wildman–Crippen LogP) is 1.18. The lowest BCUT2D eigenvalue weighted by Crippen LogP contribution is -2.41. The molecule has 0 aliphatic rings. The Hall–Kier alpha value is -2.35. The van der Waals surface area contributed by atoms with E-state index in [9.17, 15) is 9.18 Å². The zero-order chi connectivity index (χ0) is 17.5. The normalized spacial score (nSPS) is 13.5. The number of rotatable bonds is 8. The lowest BCUT2D eigenvalue weighted by atomic mass is 10.0. The van der Waals surface area contributed by atoms with E-state index in [1.807, 2.05) is 6.92 Å². The number of nitrogens with one attached hydrogen (secondary N) is 1. The summed E-state index contributed by atoms with van der Waals surface area (Å²) in [6.45, 7) is 3.64. The van der Waals surface area contributed by atoms with E-state index in [-0.39, 0.29) is 30.8 Å². The van der Waals surface area contributed by atoms with Crippen LogP contribution < -0.4 is 5.32 Å². The largest absolute Gasteiger partial charge is 0.396 e. The Morgan fingerprint density at radius 3 is 2.83 bits per heavy atom. The molecule has 8 heteroatoms. The maximum atomic E-state index is 13.4. The van der Waals surface area contributed by atoms with Crippen molar-refractivity contribution in [3.8, 4) is 0 Å². The Morgan fingerprint density at radius 1 is 1.46 bits per heavy atom. The summed E-state index contributed by atoms with van der Waals surface area (Å²) in [4.78, 5) is 12.7. The molecule has 130 valence electrons. The number of aliphatic hydroxyl groups is 1. The number of carbonyl (C=O) groups excluding carboxylic acids is 1. The Labute approximate surface area is 139 Å². The minimum atomic E-state index is -0.686. The molecule has 1 heterocycles. The molecule has 2 unspecified atom stereocenters. The van der Waals surface area contributed by atoms with Crippen molar-refractivity contribution in [1.82, 2.24) is 25.5 Å². The van der Waals surface area contributed by atoms with Crippen LogP contribution in [0.1, 0.15) is 37.2 Å². The van der Waals surface area contributed by atoms with Crippen LogP contribution in [0, 0.1) is 12.7 Å². The van der Waals surface area contributed by atoms with Gasteiger partial charge in [0.15, 0.2) is 0 Å². The average molecular weight is 335 g/mol. The van der Waals surface area contributed by atoms with Crippen molar-refractivity contribution < 1.29 is 14.3 Å². The van der Waals surface area contributed by atoms with Crippen LogP contribution >= 0.6 is 0 Å². The van der Waals surface area contributed by atoms with Crippen LogP contribution in [0.25, 0.3) is 0 Å². The third-order valence-corrected chi connectivity index (χ3v) is 3.89. The molecule has 0 aliphatic carbocycles. The van der Waals surface area contributed by atoms with Crippen LogP contribution in [0.3, 0.4) is 0 Å². The summed E-state index contributed by atoms with van der Waals surface area (Å²) in [6.07, 6.45) is 1.45. The predicted molar refractivity (Wildman–Crippen MR) is 85.6 cm³/mol. The topological polar surface area (TPSA) is 92.9 Å². The molecule has 0 spiro atoms. The van der Waals surface area contributed by atoms with Gasteiger partial charge in [-0.15, -0.1) is 5.10 Å². The number of aryl methyl sites for hydroxylation is 1. The number of amides is 1. The number of halogens is 1. The zero-order valence-electron chi connectivity index (χ0n) is 13.8. The highest BCUT2D eigenvalue weighted by Crippen LogP contribution is 2.16. The highest BCUT2D eigenvalue weighted by atomic mass is 19.1. The van der Waals surface area contributed by atoms with E-state index in [1.165, 1.54) is 16.8 Å². The van der Waals surface area contributed by atoms with E-state index in [4.69, 9.17) is 5.11 Å². The summed E-state index contributed by atoms with van der Waals surface area (Å²) in [5.74, 6) is -0.108. The molecule has 0 saturated carbocycles. The van der Waals surface area contributed by atoms with Crippen molar-refractivity contribution in [2.75, 3.05) is 6.61 Å². The maximum absolute atomic E-state index is 13.4. The van der Waals surface area contributed by atoms with Gasteiger partial charge in [-0.1, -0.05) is 19.1 Å². The number of benzene rings is 1. The number of nitrogens with zero attached hydrogens (tertiary/aromatic N) is 4. The molecule has 1 aromatic heterocycles. The van der Waals surface area contributed by atoms with Gasteiger partial charge in [0, 0.05) is 19.1 Å². The number of aliphatic hydroxyl groups excluding tert-OH is 1. The van der Waals surface area contributed by atoms with Gasteiger partial charge >= 0.3 is 0 Å². The lowest BCUT2D eigenvalue weighted by Gasteiger charge is -2.22. The fraction of sp³-hybridized carbons (Fsp3) is 0.500. The SMILES string of the molecule is CCC(CCO)NC(=O)C(Cc1cccc(F)c1)n1nnnc1C. The third kappa shape index (κ3) is 4.58. The lowest BCUT2D eigenvalue weighted by molar-refractivity contribution is -0.125. The number of tetrazole rings is 1. The van der Waals surface area contributed by atoms with E-state index in [1.54, 1.807) is 19.1 Å². The first kappa shape index (κ1) is 18.0. The first-order chi connectivity index (χ1) is 11.5. The van der Waals surface area contributed by atoms with Crippen LogP contribution in [0.4, 0.5) is 4.39 Å². The quantitative estimate of drug-likeness (QED) is 0.756. The van der Waals surface area contributed by atoms with E-state index in [0.29, 0.717) is 24.2 Å². The number of carbonyl (C=O) groups is 1. The molecule has 0 saturated heterocycles. The molecule has 0 radical (unpaired) electrons. The van der Waals surface area contributed by atoms with Crippen LogP contribution in [-0.2, 0) is 11.2 Å². The van der Waals surface area contributed by atoms with E-state index >= 15 is 0 Å². The van der Waals surface area contributed by atoms with Crippen molar-refractivity contribution in [3.63, 3.8) is 0 Å². The molecular weight excluding hydrogens is 313 g/mol. The Kier molecular flexibility index (Phi) is 6.36. The highest BCUT2D eigenvalue weighted by molar-refractivity contribution is 5.80.